The summed E-state index contributed by atoms with van der Waals surface area (Å²) in [6.07, 6.45) is 4.71. The molecule has 164 valence electrons. The number of rotatable bonds is 7. The number of piperidine rings is 1. The van der Waals surface area contributed by atoms with E-state index in [0.29, 0.717) is 17.9 Å². The molecule has 2 aromatic rings. The Morgan fingerprint density at radius 2 is 1.91 bits per heavy atom. The van der Waals surface area contributed by atoms with Crippen LogP contribution in [0.15, 0.2) is 47.4 Å². The van der Waals surface area contributed by atoms with Crippen molar-refractivity contribution in [3.05, 3.63) is 53.6 Å². The largest absolute Gasteiger partial charge is 0.305 e. The Hall–Kier alpha value is -3.00. The van der Waals surface area contributed by atoms with Gasteiger partial charge in [0.2, 0.25) is 0 Å². The Morgan fingerprint density at radius 1 is 1.19 bits per heavy atom. The molecule has 1 N–H and O–H groups in total. The van der Waals surface area contributed by atoms with Crippen LogP contribution in [0.4, 0.5) is 0 Å². The van der Waals surface area contributed by atoms with Crippen LogP contribution in [-0.4, -0.2) is 32.5 Å². The molecule has 1 aliphatic heterocycles. The summed E-state index contributed by atoms with van der Waals surface area (Å²) in [6, 6.07) is 16.5. The minimum absolute atomic E-state index is 0.0127. The lowest BCUT2D eigenvalue weighted by atomic mass is 9.85. The summed E-state index contributed by atoms with van der Waals surface area (Å²) in [7, 11) is -3.52. The molecule has 4 rings (SSSR count). The lowest BCUT2D eigenvalue weighted by molar-refractivity contribution is -0.125. The summed E-state index contributed by atoms with van der Waals surface area (Å²) in [5, 5.41) is 22.2. The third kappa shape index (κ3) is 4.32. The van der Waals surface area contributed by atoms with E-state index in [1.165, 1.54) is 12.1 Å². The predicted molar refractivity (Wildman–Crippen MR) is 120 cm³/mol. The SMILES string of the molecule is CS(=O)(=O)c1cc(-c2ccc(C[C@@H](C#N)CC(=O)[C@@]34CC[C@H](CN3)C4)cc2)ccc1C#N. The van der Waals surface area contributed by atoms with Crippen molar-refractivity contribution in [3.63, 3.8) is 0 Å². The highest BCUT2D eigenvalue weighted by Gasteiger charge is 2.49. The van der Waals surface area contributed by atoms with Gasteiger partial charge in [-0.25, -0.2) is 8.42 Å². The topological polar surface area (TPSA) is 111 Å². The number of Topliss-reactive ketones (excluding diaryl/α,β-unsaturated/α-hetero) is 1. The number of carbonyl (C=O) groups excluding carboxylic acids is 1. The zero-order valence-corrected chi connectivity index (χ0v) is 18.8. The van der Waals surface area contributed by atoms with Crippen molar-refractivity contribution in [1.29, 1.82) is 10.5 Å². The highest BCUT2D eigenvalue weighted by Crippen LogP contribution is 2.41. The highest BCUT2D eigenvalue weighted by atomic mass is 32.2. The van der Waals surface area contributed by atoms with E-state index >= 15 is 0 Å². The normalized spacial score (nSPS) is 22.8. The molecule has 32 heavy (non-hydrogen) atoms. The maximum absolute atomic E-state index is 12.9. The summed E-state index contributed by atoms with van der Waals surface area (Å²) in [6.45, 7) is 0.904. The molecule has 2 fully saturated rings. The van der Waals surface area contributed by atoms with Crippen molar-refractivity contribution in [2.45, 2.75) is 42.5 Å². The van der Waals surface area contributed by atoms with E-state index < -0.39 is 15.4 Å². The number of fused-ring (bicyclic) bond motifs is 2. The first kappa shape index (κ1) is 22.2. The van der Waals surface area contributed by atoms with Gasteiger partial charge in [-0.05, 0) is 67.0 Å². The van der Waals surface area contributed by atoms with Crippen molar-refractivity contribution in [1.82, 2.24) is 5.32 Å². The average molecular weight is 448 g/mol. The molecule has 2 bridgehead atoms. The zero-order valence-electron chi connectivity index (χ0n) is 18.0. The quantitative estimate of drug-likeness (QED) is 0.696. The Labute approximate surface area is 188 Å². The fraction of sp³-hybridized carbons (Fsp3) is 0.400. The molecule has 1 aliphatic carbocycles. The van der Waals surface area contributed by atoms with Crippen molar-refractivity contribution >= 4 is 15.6 Å². The molecule has 6 nitrogen and oxygen atoms in total. The van der Waals surface area contributed by atoms with Gasteiger partial charge in [-0.2, -0.15) is 10.5 Å². The number of hydrogen-bond donors (Lipinski definition) is 1. The molecule has 0 unspecified atom stereocenters. The molecule has 2 aromatic carbocycles. The molecular weight excluding hydrogens is 422 g/mol. The van der Waals surface area contributed by atoms with Crippen LogP contribution in [0.25, 0.3) is 11.1 Å². The van der Waals surface area contributed by atoms with Crippen LogP contribution in [0.1, 0.15) is 36.8 Å². The molecule has 1 saturated carbocycles. The van der Waals surface area contributed by atoms with E-state index in [2.05, 4.69) is 11.4 Å². The van der Waals surface area contributed by atoms with Crippen molar-refractivity contribution in [2.75, 3.05) is 12.8 Å². The van der Waals surface area contributed by atoms with Gasteiger partial charge >= 0.3 is 0 Å². The Kier molecular flexibility index (Phi) is 5.90. The predicted octanol–water partition coefficient (Wildman–Crippen LogP) is 3.41. The molecule has 0 aromatic heterocycles. The maximum Gasteiger partial charge on any atom is 0.176 e. The van der Waals surface area contributed by atoms with E-state index in [9.17, 15) is 23.7 Å². The van der Waals surface area contributed by atoms with Crippen LogP contribution in [0.5, 0.6) is 0 Å². The number of nitriles is 2. The number of ketones is 1. The van der Waals surface area contributed by atoms with Gasteiger partial charge in [-0.15, -0.1) is 0 Å². The summed E-state index contributed by atoms with van der Waals surface area (Å²) in [5.41, 5.74) is 2.19. The molecule has 7 heteroatoms. The van der Waals surface area contributed by atoms with Gasteiger partial charge in [0.25, 0.3) is 0 Å². The first-order valence-corrected chi connectivity index (χ1v) is 12.6. The monoisotopic (exact) mass is 447 g/mol. The van der Waals surface area contributed by atoms with Gasteiger partial charge in [0.05, 0.1) is 28.0 Å². The summed E-state index contributed by atoms with van der Waals surface area (Å²) in [4.78, 5) is 12.9. The molecule has 0 radical (unpaired) electrons. The van der Waals surface area contributed by atoms with Crippen LogP contribution in [0.3, 0.4) is 0 Å². The molecule has 0 spiro atoms. The first-order chi connectivity index (χ1) is 15.2. The Bertz CT molecular complexity index is 1230. The van der Waals surface area contributed by atoms with Crippen LogP contribution in [0, 0.1) is 34.5 Å². The van der Waals surface area contributed by atoms with Crippen LogP contribution in [-0.2, 0) is 21.1 Å². The van der Waals surface area contributed by atoms with Gasteiger partial charge in [-0.3, -0.25) is 4.79 Å². The van der Waals surface area contributed by atoms with Gasteiger partial charge in [-0.1, -0.05) is 30.3 Å². The average Bonchev–Trinajstić information content (AvgIpc) is 3.41. The molecule has 1 heterocycles. The van der Waals surface area contributed by atoms with Crippen molar-refractivity contribution < 1.29 is 13.2 Å². The van der Waals surface area contributed by atoms with E-state index in [-0.39, 0.29) is 28.6 Å². The summed E-state index contributed by atoms with van der Waals surface area (Å²) < 4.78 is 24.0. The highest BCUT2D eigenvalue weighted by molar-refractivity contribution is 7.90. The fourth-order valence-electron chi connectivity index (χ4n) is 4.98. The van der Waals surface area contributed by atoms with Gasteiger partial charge in [0.15, 0.2) is 15.6 Å². The van der Waals surface area contributed by atoms with E-state index in [1.807, 2.05) is 30.3 Å². The zero-order chi connectivity index (χ0) is 22.9. The molecule has 1 saturated heterocycles. The summed E-state index contributed by atoms with van der Waals surface area (Å²) >= 11 is 0. The second-order valence-electron chi connectivity index (χ2n) is 9.02. The standard InChI is InChI=1S/C25H25N3O3S/c1-32(30,31)23-12-21(6-7-22(23)15-27)20-4-2-17(3-5-20)10-19(14-26)11-24(29)25-9-8-18(13-25)16-28-25/h2-7,12,18-19,28H,8-11,13,16H2,1H3/t18-,19+,25-/m0/s1. The van der Waals surface area contributed by atoms with Crippen LogP contribution < -0.4 is 5.32 Å². The number of hydrogen-bond acceptors (Lipinski definition) is 6. The molecular formula is C25H25N3O3S. The Morgan fingerprint density at radius 3 is 2.44 bits per heavy atom. The molecule has 3 atom stereocenters. The third-order valence-electron chi connectivity index (χ3n) is 6.76. The minimum atomic E-state index is -3.52. The molecule has 0 amide bonds. The number of nitrogens with zero attached hydrogens (tertiary/aromatic N) is 2. The second kappa shape index (κ2) is 8.50. The fourth-order valence-corrected chi connectivity index (χ4v) is 5.83. The number of sulfone groups is 1. The lowest BCUT2D eigenvalue weighted by Gasteiger charge is -2.27. The number of carbonyl (C=O) groups is 1. The molecule has 2 aliphatic rings. The minimum Gasteiger partial charge on any atom is -0.305 e. The smallest absolute Gasteiger partial charge is 0.176 e. The van der Waals surface area contributed by atoms with Crippen molar-refractivity contribution in [2.24, 2.45) is 11.8 Å². The van der Waals surface area contributed by atoms with Crippen LogP contribution in [0.2, 0.25) is 0 Å². The van der Waals surface area contributed by atoms with Crippen LogP contribution >= 0.6 is 0 Å². The van der Waals surface area contributed by atoms with Gasteiger partial charge in [0.1, 0.15) is 6.07 Å². The van der Waals surface area contributed by atoms with E-state index in [4.69, 9.17) is 0 Å². The van der Waals surface area contributed by atoms with E-state index in [0.717, 1.165) is 43.2 Å². The first-order valence-electron chi connectivity index (χ1n) is 10.8. The second-order valence-corrected chi connectivity index (χ2v) is 11.0. The maximum atomic E-state index is 12.9. The van der Waals surface area contributed by atoms with E-state index in [1.54, 1.807) is 6.07 Å². The lowest BCUT2D eigenvalue weighted by Crippen LogP contribution is -2.48. The summed E-state index contributed by atoms with van der Waals surface area (Å²) in [5.74, 6) is 0.375. The number of benzene rings is 2. The van der Waals surface area contributed by atoms with Crippen molar-refractivity contribution in [3.8, 4) is 23.3 Å². The Balaban J connectivity index is 1.47. The van der Waals surface area contributed by atoms with Gasteiger partial charge in [0, 0.05) is 12.7 Å². The number of nitrogens with one attached hydrogen (secondary N) is 1. The van der Waals surface area contributed by atoms with Gasteiger partial charge < -0.3 is 5.32 Å². The third-order valence-corrected chi connectivity index (χ3v) is 7.90.